The van der Waals surface area contributed by atoms with Crippen molar-refractivity contribution in [3.63, 3.8) is 0 Å². The van der Waals surface area contributed by atoms with Gasteiger partial charge in [0.2, 0.25) is 0 Å². The first-order chi connectivity index (χ1) is 6.45. The largest absolute Gasteiger partial charge is 0.161 e. The lowest BCUT2D eigenvalue weighted by atomic mass is 9.89. The zero-order chi connectivity index (χ0) is 10.6. The van der Waals surface area contributed by atoms with Crippen LogP contribution in [-0.2, 0) is 0 Å². The van der Waals surface area contributed by atoms with Gasteiger partial charge in [-0.25, -0.2) is 0 Å². The molecule has 14 heavy (non-hydrogen) atoms. The van der Waals surface area contributed by atoms with Crippen molar-refractivity contribution < 1.29 is 0 Å². The summed E-state index contributed by atoms with van der Waals surface area (Å²) in [5.74, 6) is 2.04. The first-order valence-corrected chi connectivity index (χ1v) is 8.05. The van der Waals surface area contributed by atoms with Crippen LogP contribution < -0.4 is 0 Å². The standard InChI is InChI=1S/C12H22S2/c1-11(2)8-6-10(13-4)12(3,14-5)7-9(8)11/h8-10H,6-7H2,1-5H3/t8-,9-,10+,12+/m0/s1. The summed E-state index contributed by atoms with van der Waals surface area (Å²) in [7, 11) is 0. The molecular weight excluding hydrogens is 208 g/mol. The molecule has 0 aromatic carbocycles. The molecule has 0 saturated heterocycles. The summed E-state index contributed by atoms with van der Waals surface area (Å²) in [5, 5.41) is 0.875. The predicted molar refractivity (Wildman–Crippen MR) is 69.2 cm³/mol. The molecule has 0 bridgehead atoms. The number of hydrogen-bond donors (Lipinski definition) is 0. The van der Waals surface area contributed by atoms with Crippen molar-refractivity contribution in [3.8, 4) is 0 Å². The van der Waals surface area contributed by atoms with Crippen LogP contribution in [0.1, 0.15) is 33.6 Å². The first-order valence-electron chi connectivity index (χ1n) is 5.53. The fourth-order valence-corrected chi connectivity index (χ4v) is 5.62. The first kappa shape index (κ1) is 11.2. The Bertz CT molecular complexity index is 236. The van der Waals surface area contributed by atoms with Crippen molar-refractivity contribution in [3.05, 3.63) is 0 Å². The van der Waals surface area contributed by atoms with Crippen LogP contribution in [-0.4, -0.2) is 22.5 Å². The molecule has 82 valence electrons. The van der Waals surface area contributed by atoms with E-state index in [1.807, 2.05) is 0 Å². The minimum absolute atomic E-state index is 0.536. The Morgan fingerprint density at radius 3 is 2.21 bits per heavy atom. The second-order valence-electron chi connectivity index (χ2n) is 5.72. The van der Waals surface area contributed by atoms with E-state index in [4.69, 9.17) is 0 Å². The number of rotatable bonds is 2. The minimum atomic E-state index is 0.536. The van der Waals surface area contributed by atoms with Crippen LogP contribution in [0.5, 0.6) is 0 Å². The molecular formula is C12H22S2. The van der Waals surface area contributed by atoms with E-state index in [0.717, 1.165) is 17.1 Å². The summed E-state index contributed by atoms with van der Waals surface area (Å²) >= 11 is 4.18. The molecule has 0 amide bonds. The molecule has 2 aliphatic rings. The number of hydrogen-bond acceptors (Lipinski definition) is 2. The lowest BCUT2D eigenvalue weighted by molar-refractivity contribution is 0.415. The summed E-state index contributed by atoms with van der Waals surface area (Å²) in [5.41, 5.74) is 0.654. The van der Waals surface area contributed by atoms with E-state index in [0.29, 0.717) is 10.2 Å². The normalized spacial score (nSPS) is 49.9. The predicted octanol–water partition coefficient (Wildman–Crippen LogP) is 3.91. The van der Waals surface area contributed by atoms with Gasteiger partial charge in [0, 0.05) is 10.00 Å². The quantitative estimate of drug-likeness (QED) is 0.705. The topological polar surface area (TPSA) is 0 Å². The second-order valence-corrected chi connectivity index (χ2v) is 8.10. The maximum Gasteiger partial charge on any atom is 0.0250 e. The summed E-state index contributed by atoms with van der Waals surface area (Å²) in [6.45, 7) is 7.40. The monoisotopic (exact) mass is 230 g/mol. The van der Waals surface area contributed by atoms with Gasteiger partial charge in [0.15, 0.2) is 0 Å². The SMILES string of the molecule is CS[C@@H]1C[C@H]2[C@H](C[C@@]1(C)SC)C2(C)C. The van der Waals surface area contributed by atoms with Gasteiger partial charge in [-0.05, 0) is 49.5 Å². The zero-order valence-electron chi connectivity index (χ0n) is 9.96. The van der Waals surface area contributed by atoms with Gasteiger partial charge in [0.1, 0.15) is 0 Å². The average Bonchev–Trinajstić information content (AvgIpc) is 2.66. The molecule has 0 aliphatic heterocycles. The van der Waals surface area contributed by atoms with Crippen LogP contribution in [0.15, 0.2) is 0 Å². The summed E-state index contributed by atoms with van der Waals surface area (Å²) in [4.78, 5) is 0. The second kappa shape index (κ2) is 3.35. The number of thioether (sulfide) groups is 2. The zero-order valence-corrected chi connectivity index (χ0v) is 11.6. The van der Waals surface area contributed by atoms with Crippen LogP contribution >= 0.6 is 23.5 Å². The van der Waals surface area contributed by atoms with E-state index >= 15 is 0 Å². The summed E-state index contributed by atoms with van der Waals surface area (Å²) in [6.07, 6.45) is 7.47. The highest BCUT2D eigenvalue weighted by atomic mass is 32.2. The van der Waals surface area contributed by atoms with Crippen molar-refractivity contribution >= 4 is 23.5 Å². The lowest BCUT2D eigenvalue weighted by Crippen LogP contribution is -2.37. The van der Waals surface area contributed by atoms with Gasteiger partial charge in [-0.2, -0.15) is 23.5 Å². The van der Waals surface area contributed by atoms with Gasteiger partial charge in [-0.1, -0.05) is 13.8 Å². The molecule has 0 spiro atoms. The molecule has 2 aliphatic carbocycles. The highest BCUT2D eigenvalue weighted by Gasteiger charge is 2.63. The third-order valence-electron chi connectivity index (χ3n) is 4.81. The van der Waals surface area contributed by atoms with E-state index < -0.39 is 0 Å². The Labute approximate surface area is 97.0 Å². The van der Waals surface area contributed by atoms with Crippen molar-refractivity contribution in [2.75, 3.05) is 12.5 Å². The Kier molecular flexibility index (Phi) is 2.67. The van der Waals surface area contributed by atoms with Crippen LogP contribution in [0.3, 0.4) is 0 Å². The molecule has 2 fully saturated rings. The minimum Gasteiger partial charge on any atom is -0.161 e. The molecule has 2 saturated carbocycles. The van der Waals surface area contributed by atoms with Crippen molar-refractivity contribution in [1.29, 1.82) is 0 Å². The summed E-state index contributed by atoms with van der Waals surface area (Å²) in [6, 6.07) is 0. The molecule has 2 rings (SSSR count). The van der Waals surface area contributed by atoms with E-state index in [-0.39, 0.29) is 0 Å². The third-order valence-corrected chi connectivity index (χ3v) is 7.63. The molecule has 0 aromatic heterocycles. The van der Waals surface area contributed by atoms with Gasteiger partial charge in [-0.3, -0.25) is 0 Å². The lowest BCUT2D eigenvalue weighted by Gasteiger charge is -2.39. The fourth-order valence-electron chi connectivity index (χ4n) is 3.34. The molecule has 2 heteroatoms. The van der Waals surface area contributed by atoms with Crippen LogP contribution in [0.4, 0.5) is 0 Å². The average molecular weight is 230 g/mol. The Morgan fingerprint density at radius 2 is 1.71 bits per heavy atom. The Hall–Kier alpha value is 0.700. The molecule has 0 aromatic rings. The molecule has 4 atom stereocenters. The Morgan fingerprint density at radius 1 is 1.07 bits per heavy atom. The van der Waals surface area contributed by atoms with Gasteiger partial charge < -0.3 is 0 Å². The molecule has 0 heterocycles. The molecule has 0 N–H and O–H groups in total. The summed E-state index contributed by atoms with van der Waals surface area (Å²) < 4.78 is 0.536. The fraction of sp³-hybridized carbons (Fsp3) is 1.00. The smallest absolute Gasteiger partial charge is 0.0250 e. The van der Waals surface area contributed by atoms with Gasteiger partial charge in [-0.15, -0.1) is 0 Å². The van der Waals surface area contributed by atoms with Gasteiger partial charge >= 0.3 is 0 Å². The highest BCUT2D eigenvalue weighted by Crippen LogP contribution is 2.69. The highest BCUT2D eigenvalue weighted by molar-refractivity contribution is 8.03. The van der Waals surface area contributed by atoms with Gasteiger partial charge in [0.05, 0.1) is 0 Å². The van der Waals surface area contributed by atoms with Crippen LogP contribution in [0, 0.1) is 17.3 Å². The van der Waals surface area contributed by atoms with E-state index in [1.165, 1.54) is 12.8 Å². The van der Waals surface area contributed by atoms with E-state index in [1.54, 1.807) is 0 Å². The maximum atomic E-state index is 2.48. The van der Waals surface area contributed by atoms with Crippen molar-refractivity contribution in [2.24, 2.45) is 17.3 Å². The van der Waals surface area contributed by atoms with Crippen LogP contribution in [0.2, 0.25) is 0 Å². The van der Waals surface area contributed by atoms with Gasteiger partial charge in [0.25, 0.3) is 0 Å². The Balaban J connectivity index is 2.14. The van der Waals surface area contributed by atoms with Crippen molar-refractivity contribution in [1.82, 2.24) is 0 Å². The molecule has 0 nitrogen and oxygen atoms in total. The van der Waals surface area contributed by atoms with Crippen molar-refractivity contribution in [2.45, 2.75) is 43.6 Å². The number of fused-ring (bicyclic) bond motifs is 1. The van der Waals surface area contributed by atoms with Crippen LogP contribution in [0.25, 0.3) is 0 Å². The third kappa shape index (κ3) is 1.44. The molecule has 0 radical (unpaired) electrons. The van der Waals surface area contributed by atoms with E-state index in [2.05, 4.69) is 56.8 Å². The van der Waals surface area contributed by atoms with E-state index in [9.17, 15) is 0 Å². The molecule has 0 unspecified atom stereocenters. The maximum absolute atomic E-state index is 2.48.